The van der Waals surface area contributed by atoms with E-state index in [4.69, 9.17) is 0 Å². The molecular weight excluding hydrogens is 322 g/mol. The van der Waals surface area contributed by atoms with Crippen molar-refractivity contribution < 1.29 is 4.79 Å². The average molecular weight is 347 g/mol. The number of fused-ring (bicyclic) bond motifs is 1. The van der Waals surface area contributed by atoms with Gasteiger partial charge in [-0.15, -0.1) is 0 Å². The van der Waals surface area contributed by atoms with Crippen molar-refractivity contribution in [3.63, 3.8) is 0 Å². The number of benzene rings is 1. The Morgan fingerprint density at radius 2 is 2.04 bits per heavy atom. The zero-order valence-corrected chi connectivity index (χ0v) is 15.2. The van der Waals surface area contributed by atoms with Crippen molar-refractivity contribution in [3.05, 3.63) is 64.4 Å². The summed E-state index contributed by atoms with van der Waals surface area (Å²) in [6, 6.07) is 11.7. The monoisotopic (exact) mass is 347 g/mol. The molecular formula is C22H25N3O. The Kier molecular flexibility index (Phi) is 4.83. The number of aromatic nitrogens is 1. The van der Waals surface area contributed by atoms with Crippen LogP contribution in [0.25, 0.3) is 5.70 Å². The number of carbonyl (C=O) groups is 1. The summed E-state index contributed by atoms with van der Waals surface area (Å²) in [7, 11) is 0. The van der Waals surface area contributed by atoms with Crippen LogP contribution in [-0.2, 0) is 0 Å². The zero-order chi connectivity index (χ0) is 17.9. The number of amides is 1. The third kappa shape index (κ3) is 3.28. The first-order valence-electron chi connectivity index (χ1n) is 9.70. The number of rotatable bonds is 5. The maximum absolute atomic E-state index is 13.0. The second-order valence-electron chi connectivity index (χ2n) is 7.25. The molecule has 2 aliphatic rings. The summed E-state index contributed by atoms with van der Waals surface area (Å²) in [6.45, 7) is 2.09. The fraction of sp³-hybridized carbons (Fsp3) is 0.409. The summed E-state index contributed by atoms with van der Waals surface area (Å²) < 4.78 is 0. The molecule has 1 aromatic heterocycles. The Morgan fingerprint density at radius 3 is 2.77 bits per heavy atom. The number of nitrogens with zero attached hydrogens (tertiary/aromatic N) is 2. The van der Waals surface area contributed by atoms with Crippen molar-refractivity contribution in [2.45, 2.75) is 51.5 Å². The number of nitrogens with one attached hydrogen (secondary N) is 1. The molecule has 4 heteroatoms. The van der Waals surface area contributed by atoms with Gasteiger partial charge < -0.3 is 5.32 Å². The van der Waals surface area contributed by atoms with Crippen LogP contribution in [0.4, 0.5) is 0 Å². The lowest BCUT2D eigenvalue weighted by Gasteiger charge is -2.30. The van der Waals surface area contributed by atoms with Crippen molar-refractivity contribution in [2.24, 2.45) is 10.9 Å². The van der Waals surface area contributed by atoms with Crippen LogP contribution in [0.1, 0.15) is 67.5 Å². The van der Waals surface area contributed by atoms with E-state index in [1.54, 1.807) is 0 Å². The van der Waals surface area contributed by atoms with Crippen molar-refractivity contribution in [2.75, 3.05) is 0 Å². The van der Waals surface area contributed by atoms with E-state index in [0.717, 1.165) is 41.2 Å². The predicted molar refractivity (Wildman–Crippen MR) is 102 cm³/mol. The smallest absolute Gasteiger partial charge is 0.251 e. The molecule has 2 aromatic rings. The molecule has 4 rings (SSSR count). The van der Waals surface area contributed by atoms with Crippen LogP contribution in [0.5, 0.6) is 0 Å². The molecule has 1 fully saturated rings. The largest absolute Gasteiger partial charge is 0.343 e. The van der Waals surface area contributed by atoms with E-state index in [1.807, 2.05) is 42.6 Å². The van der Waals surface area contributed by atoms with E-state index in [2.05, 4.69) is 22.2 Å². The van der Waals surface area contributed by atoms with Gasteiger partial charge in [0.05, 0.1) is 22.8 Å². The van der Waals surface area contributed by atoms with Gasteiger partial charge in [-0.1, -0.05) is 32.3 Å². The Hall–Kier alpha value is -2.49. The van der Waals surface area contributed by atoms with Gasteiger partial charge in [0.1, 0.15) is 0 Å². The number of pyridine rings is 1. The lowest BCUT2D eigenvalue weighted by molar-refractivity contribution is 0.0910. The number of carbonyl (C=O) groups excluding carboxylic acids is 1. The van der Waals surface area contributed by atoms with Gasteiger partial charge in [0, 0.05) is 17.0 Å². The minimum Gasteiger partial charge on any atom is -0.343 e. The highest BCUT2D eigenvalue weighted by Gasteiger charge is 2.28. The number of hydrogen-bond donors (Lipinski definition) is 1. The second-order valence-corrected chi connectivity index (χ2v) is 7.25. The summed E-state index contributed by atoms with van der Waals surface area (Å²) in [5.41, 5.74) is 2.76. The summed E-state index contributed by atoms with van der Waals surface area (Å²) in [4.78, 5) is 22.0. The Bertz CT molecular complexity index is 914. The van der Waals surface area contributed by atoms with Gasteiger partial charge in [0.2, 0.25) is 0 Å². The fourth-order valence-corrected chi connectivity index (χ4v) is 4.11. The summed E-state index contributed by atoms with van der Waals surface area (Å²) in [5.74, 6) is 0.443. The predicted octanol–water partition coefficient (Wildman–Crippen LogP) is 3.28. The summed E-state index contributed by atoms with van der Waals surface area (Å²) >= 11 is 0. The molecule has 1 unspecified atom stereocenters. The molecule has 0 bridgehead atoms. The Balaban J connectivity index is 1.59. The summed E-state index contributed by atoms with van der Waals surface area (Å²) in [5, 5.41) is 5.39. The van der Waals surface area contributed by atoms with E-state index in [9.17, 15) is 4.79 Å². The highest BCUT2D eigenvalue weighted by Crippen LogP contribution is 2.33. The van der Waals surface area contributed by atoms with Gasteiger partial charge in [-0.2, -0.15) is 0 Å². The third-order valence-corrected chi connectivity index (χ3v) is 5.57. The van der Waals surface area contributed by atoms with Gasteiger partial charge in [-0.25, -0.2) is 0 Å². The molecule has 1 aromatic carbocycles. The molecule has 2 heterocycles. The van der Waals surface area contributed by atoms with Gasteiger partial charge >= 0.3 is 0 Å². The standard InChI is InChI=1S/C22H25N3O/c1-2-18-17-14-16(11-12-19(17)24-18)22(26)25-21(15-8-4-3-5-9-15)20-10-6-7-13-23-20/h6-7,10-15,21H,2-5,8-9H2,1H3,(H,25,26). The minimum atomic E-state index is -0.0191. The zero-order valence-electron chi connectivity index (χ0n) is 15.2. The second kappa shape index (κ2) is 7.40. The van der Waals surface area contributed by atoms with Crippen LogP contribution in [0.2, 0.25) is 0 Å². The Morgan fingerprint density at radius 1 is 1.19 bits per heavy atom. The normalized spacial score (nSPS) is 17.7. The van der Waals surface area contributed by atoms with Crippen LogP contribution in [0.15, 0.2) is 47.6 Å². The molecule has 0 radical (unpaired) electrons. The van der Waals surface area contributed by atoms with Crippen molar-refractivity contribution in [3.8, 4) is 0 Å². The molecule has 1 amide bonds. The molecule has 1 aliphatic heterocycles. The molecule has 26 heavy (non-hydrogen) atoms. The highest BCUT2D eigenvalue weighted by atomic mass is 16.1. The van der Waals surface area contributed by atoms with Crippen LogP contribution in [-0.4, -0.2) is 10.9 Å². The van der Waals surface area contributed by atoms with Gasteiger partial charge in [0.25, 0.3) is 5.91 Å². The minimum absolute atomic E-state index is 0.0172. The molecule has 134 valence electrons. The summed E-state index contributed by atoms with van der Waals surface area (Å²) in [6.07, 6.45) is 8.78. The van der Waals surface area contributed by atoms with Crippen LogP contribution in [0, 0.1) is 5.92 Å². The van der Waals surface area contributed by atoms with Crippen molar-refractivity contribution in [1.29, 1.82) is 0 Å². The SMILES string of the molecule is CCC1=c2cc(C(=O)NC(c3ccccn3)C3CCCCC3)ccc2=N1. The van der Waals surface area contributed by atoms with Gasteiger partial charge in [-0.3, -0.25) is 14.8 Å². The number of hydrogen-bond acceptors (Lipinski definition) is 3. The lowest BCUT2D eigenvalue weighted by Crippen LogP contribution is -2.38. The molecule has 0 saturated heterocycles. The van der Waals surface area contributed by atoms with E-state index < -0.39 is 0 Å². The molecule has 1 saturated carbocycles. The molecule has 1 atom stereocenters. The van der Waals surface area contributed by atoms with Crippen LogP contribution >= 0.6 is 0 Å². The average Bonchev–Trinajstić information content (AvgIpc) is 2.68. The van der Waals surface area contributed by atoms with Crippen molar-refractivity contribution in [1.82, 2.24) is 10.3 Å². The third-order valence-electron chi connectivity index (χ3n) is 5.57. The van der Waals surface area contributed by atoms with Crippen LogP contribution in [0.3, 0.4) is 0 Å². The quantitative estimate of drug-likeness (QED) is 0.902. The van der Waals surface area contributed by atoms with E-state index >= 15 is 0 Å². The van der Waals surface area contributed by atoms with Crippen LogP contribution < -0.4 is 15.9 Å². The maximum atomic E-state index is 13.0. The first-order chi connectivity index (χ1) is 12.8. The molecule has 0 spiro atoms. The van der Waals surface area contributed by atoms with E-state index in [0.29, 0.717) is 11.5 Å². The topological polar surface area (TPSA) is 54.4 Å². The fourth-order valence-electron chi connectivity index (χ4n) is 4.11. The van der Waals surface area contributed by atoms with E-state index in [-0.39, 0.29) is 11.9 Å². The Labute approximate surface area is 154 Å². The maximum Gasteiger partial charge on any atom is 0.251 e. The molecule has 4 nitrogen and oxygen atoms in total. The lowest BCUT2D eigenvalue weighted by atomic mass is 9.82. The first kappa shape index (κ1) is 17.0. The van der Waals surface area contributed by atoms with Crippen molar-refractivity contribution >= 4 is 11.6 Å². The van der Waals surface area contributed by atoms with E-state index in [1.165, 1.54) is 19.3 Å². The molecule has 1 aliphatic carbocycles. The molecule has 1 N–H and O–H groups in total. The van der Waals surface area contributed by atoms with Gasteiger partial charge in [-0.05, 0) is 55.5 Å². The highest BCUT2D eigenvalue weighted by molar-refractivity contribution is 5.94. The van der Waals surface area contributed by atoms with Gasteiger partial charge in [0.15, 0.2) is 0 Å². The first-order valence-corrected chi connectivity index (χ1v) is 9.70.